The normalized spacial score (nSPS) is 32.1. The molecule has 2 saturated heterocycles. The molecule has 0 amide bonds. The van der Waals surface area contributed by atoms with Crippen LogP contribution >= 0.6 is 0 Å². The predicted octanol–water partition coefficient (Wildman–Crippen LogP) is 1.71. The smallest absolute Gasteiger partial charge is 0.0951 e. The monoisotopic (exact) mass is 271 g/mol. The van der Waals surface area contributed by atoms with Gasteiger partial charge in [-0.25, -0.2) is 0 Å². The van der Waals surface area contributed by atoms with Crippen molar-refractivity contribution in [2.75, 3.05) is 33.0 Å². The summed E-state index contributed by atoms with van der Waals surface area (Å²) in [5, 5.41) is 12.6. The topological polar surface area (TPSA) is 50.7 Å². The molecule has 2 heterocycles. The van der Waals surface area contributed by atoms with Crippen LogP contribution in [0.2, 0.25) is 0 Å². The Morgan fingerprint density at radius 1 is 1.37 bits per heavy atom. The first kappa shape index (κ1) is 15.2. The van der Waals surface area contributed by atoms with Crippen molar-refractivity contribution < 1.29 is 14.6 Å². The highest BCUT2D eigenvalue weighted by Crippen LogP contribution is 2.33. The Balaban J connectivity index is 1.76. The van der Waals surface area contributed by atoms with Gasteiger partial charge in [0.15, 0.2) is 0 Å². The van der Waals surface area contributed by atoms with Crippen molar-refractivity contribution in [3.63, 3.8) is 0 Å². The summed E-state index contributed by atoms with van der Waals surface area (Å²) in [5.74, 6) is 0. The highest BCUT2D eigenvalue weighted by molar-refractivity contribution is 4.93. The lowest BCUT2D eigenvalue weighted by molar-refractivity contribution is -0.0899. The Bertz CT molecular complexity index is 275. The van der Waals surface area contributed by atoms with Crippen LogP contribution in [0.25, 0.3) is 0 Å². The van der Waals surface area contributed by atoms with Gasteiger partial charge < -0.3 is 19.9 Å². The molecule has 2 N–H and O–H groups in total. The van der Waals surface area contributed by atoms with E-state index in [4.69, 9.17) is 14.6 Å². The van der Waals surface area contributed by atoms with E-state index in [-0.39, 0.29) is 11.0 Å². The molecule has 0 aromatic carbocycles. The molecule has 0 radical (unpaired) electrons. The lowest BCUT2D eigenvalue weighted by Gasteiger charge is -2.39. The fourth-order valence-electron chi connectivity index (χ4n) is 3.13. The molecule has 0 bridgehead atoms. The zero-order valence-corrected chi connectivity index (χ0v) is 12.4. The lowest BCUT2D eigenvalue weighted by Crippen LogP contribution is -2.49. The maximum atomic E-state index is 8.94. The van der Waals surface area contributed by atoms with E-state index in [9.17, 15) is 0 Å². The van der Waals surface area contributed by atoms with Crippen molar-refractivity contribution in [2.45, 2.75) is 57.6 Å². The molecule has 4 heteroatoms. The summed E-state index contributed by atoms with van der Waals surface area (Å²) in [6, 6.07) is 0.545. The molecule has 2 aliphatic heterocycles. The number of rotatable bonds is 6. The minimum atomic E-state index is -0.00877. The van der Waals surface area contributed by atoms with E-state index in [1.165, 1.54) is 0 Å². The molecule has 0 aromatic rings. The van der Waals surface area contributed by atoms with Gasteiger partial charge in [-0.1, -0.05) is 13.8 Å². The highest BCUT2D eigenvalue weighted by Gasteiger charge is 2.41. The first-order chi connectivity index (χ1) is 9.05. The SMILES string of the molecule is CC(C)(CCCO)CNC1CCOC2(CCOC2)C1. The fraction of sp³-hybridized carbons (Fsp3) is 1.00. The van der Waals surface area contributed by atoms with Crippen molar-refractivity contribution in [3.05, 3.63) is 0 Å². The average molecular weight is 271 g/mol. The van der Waals surface area contributed by atoms with Crippen molar-refractivity contribution >= 4 is 0 Å². The van der Waals surface area contributed by atoms with E-state index in [2.05, 4.69) is 19.2 Å². The zero-order valence-electron chi connectivity index (χ0n) is 12.4. The number of hydrogen-bond donors (Lipinski definition) is 2. The van der Waals surface area contributed by atoms with Gasteiger partial charge in [0, 0.05) is 38.8 Å². The zero-order chi connectivity index (χ0) is 13.8. The minimum Gasteiger partial charge on any atom is -0.396 e. The quantitative estimate of drug-likeness (QED) is 0.772. The number of aliphatic hydroxyl groups is 1. The molecule has 2 fully saturated rings. The molecule has 1 spiro atoms. The Morgan fingerprint density at radius 2 is 2.21 bits per heavy atom. The number of hydrogen-bond acceptors (Lipinski definition) is 4. The van der Waals surface area contributed by atoms with Crippen LogP contribution in [0.15, 0.2) is 0 Å². The summed E-state index contributed by atoms with van der Waals surface area (Å²) in [6.45, 7) is 8.29. The standard InChI is InChI=1S/C15H29NO3/c1-14(2,5-3-7-17)11-16-13-4-8-19-15(10-13)6-9-18-12-15/h13,16-17H,3-12H2,1-2H3. The second kappa shape index (κ2) is 6.53. The van der Waals surface area contributed by atoms with E-state index in [0.29, 0.717) is 12.6 Å². The highest BCUT2D eigenvalue weighted by atomic mass is 16.6. The van der Waals surface area contributed by atoms with Gasteiger partial charge in [0.1, 0.15) is 0 Å². The van der Waals surface area contributed by atoms with Gasteiger partial charge in [-0.15, -0.1) is 0 Å². The number of aliphatic hydroxyl groups excluding tert-OH is 1. The van der Waals surface area contributed by atoms with Crippen LogP contribution in [-0.4, -0.2) is 49.7 Å². The third kappa shape index (κ3) is 4.42. The molecule has 0 saturated carbocycles. The second-order valence-corrected chi connectivity index (χ2v) is 6.90. The van der Waals surface area contributed by atoms with Crippen LogP contribution < -0.4 is 5.32 Å². The largest absolute Gasteiger partial charge is 0.396 e. The first-order valence-electron chi connectivity index (χ1n) is 7.61. The van der Waals surface area contributed by atoms with Crippen LogP contribution in [0, 0.1) is 5.41 Å². The van der Waals surface area contributed by atoms with E-state index in [0.717, 1.165) is 58.5 Å². The van der Waals surface area contributed by atoms with Gasteiger partial charge in [-0.3, -0.25) is 0 Å². The van der Waals surface area contributed by atoms with E-state index in [1.807, 2.05) is 0 Å². The molecular weight excluding hydrogens is 242 g/mol. The van der Waals surface area contributed by atoms with Crippen LogP contribution in [0.3, 0.4) is 0 Å². The van der Waals surface area contributed by atoms with Gasteiger partial charge in [-0.2, -0.15) is 0 Å². The van der Waals surface area contributed by atoms with Crippen LogP contribution in [0.1, 0.15) is 46.0 Å². The minimum absolute atomic E-state index is 0.00877. The number of ether oxygens (including phenoxy) is 2. The van der Waals surface area contributed by atoms with Gasteiger partial charge in [0.25, 0.3) is 0 Å². The second-order valence-electron chi connectivity index (χ2n) is 6.90. The van der Waals surface area contributed by atoms with Gasteiger partial charge in [0.2, 0.25) is 0 Å². The molecule has 4 nitrogen and oxygen atoms in total. The Kier molecular flexibility index (Phi) is 5.23. The summed E-state index contributed by atoms with van der Waals surface area (Å²) in [4.78, 5) is 0. The third-order valence-corrected chi connectivity index (χ3v) is 4.44. The Labute approximate surface area is 116 Å². The molecular formula is C15H29NO3. The molecule has 0 aromatic heterocycles. The summed E-state index contributed by atoms with van der Waals surface area (Å²) in [7, 11) is 0. The molecule has 2 aliphatic rings. The predicted molar refractivity (Wildman–Crippen MR) is 75.2 cm³/mol. The number of nitrogens with one attached hydrogen (secondary N) is 1. The summed E-state index contributed by atoms with van der Waals surface area (Å²) in [6.07, 6.45) is 5.16. The lowest BCUT2D eigenvalue weighted by atomic mass is 9.85. The van der Waals surface area contributed by atoms with E-state index < -0.39 is 0 Å². The van der Waals surface area contributed by atoms with Crippen molar-refractivity contribution in [1.29, 1.82) is 0 Å². The van der Waals surface area contributed by atoms with Crippen molar-refractivity contribution in [1.82, 2.24) is 5.32 Å². The molecule has 2 atom stereocenters. The molecule has 0 aliphatic carbocycles. The van der Waals surface area contributed by atoms with E-state index in [1.54, 1.807) is 0 Å². The molecule has 112 valence electrons. The van der Waals surface area contributed by atoms with E-state index >= 15 is 0 Å². The van der Waals surface area contributed by atoms with Crippen LogP contribution in [0.5, 0.6) is 0 Å². The van der Waals surface area contributed by atoms with Gasteiger partial charge >= 0.3 is 0 Å². The fourth-order valence-corrected chi connectivity index (χ4v) is 3.13. The van der Waals surface area contributed by atoms with Gasteiger partial charge in [0.05, 0.1) is 12.2 Å². The summed E-state index contributed by atoms with van der Waals surface area (Å²) < 4.78 is 11.5. The van der Waals surface area contributed by atoms with Gasteiger partial charge in [-0.05, 0) is 31.1 Å². The summed E-state index contributed by atoms with van der Waals surface area (Å²) >= 11 is 0. The molecule has 19 heavy (non-hydrogen) atoms. The third-order valence-electron chi connectivity index (χ3n) is 4.44. The average Bonchev–Trinajstić information content (AvgIpc) is 2.82. The Hall–Kier alpha value is -0.160. The van der Waals surface area contributed by atoms with Crippen LogP contribution in [-0.2, 0) is 9.47 Å². The van der Waals surface area contributed by atoms with Crippen LogP contribution in [0.4, 0.5) is 0 Å². The molecule has 2 unspecified atom stereocenters. The maximum absolute atomic E-state index is 8.94. The van der Waals surface area contributed by atoms with Crippen molar-refractivity contribution in [2.24, 2.45) is 5.41 Å². The van der Waals surface area contributed by atoms with Crippen molar-refractivity contribution in [3.8, 4) is 0 Å². The molecule has 2 rings (SSSR count). The maximum Gasteiger partial charge on any atom is 0.0951 e. The first-order valence-corrected chi connectivity index (χ1v) is 7.61. The summed E-state index contributed by atoms with van der Waals surface area (Å²) in [5.41, 5.74) is 0.242. The Morgan fingerprint density at radius 3 is 2.89 bits per heavy atom.